The lowest BCUT2D eigenvalue weighted by molar-refractivity contribution is -0.120. The van der Waals surface area contributed by atoms with E-state index in [0.29, 0.717) is 6.54 Å². The molecule has 0 radical (unpaired) electrons. The Kier molecular flexibility index (Phi) is 9.89. The summed E-state index contributed by atoms with van der Waals surface area (Å²) in [6.07, 6.45) is 0. The molecule has 1 unspecified atom stereocenters. The maximum Gasteiger partial charge on any atom is 0.315 e. The van der Waals surface area contributed by atoms with E-state index in [4.69, 9.17) is 0 Å². The molecule has 0 aliphatic heterocycles. The van der Waals surface area contributed by atoms with Gasteiger partial charge >= 0.3 is 6.03 Å². The van der Waals surface area contributed by atoms with Crippen LogP contribution in [0, 0.1) is 5.82 Å². The minimum Gasteiger partial charge on any atom is -0.353 e. The molecule has 0 fully saturated rings. The van der Waals surface area contributed by atoms with Gasteiger partial charge in [0.1, 0.15) is 5.82 Å². The van der Waals surface area contributed by atoms with Crippen molar-refractivity contribution in [1.29, 1.82) is 0 Å². The smallest absolute Gasteiger partial charge is 0.315 e. The van der Waals surface area contributed by atoms with Crippen LogP contribution >= 0.6 is 12.4 Å². The van der Waals surface area contributed by atoms with Crippen LogP contribution in [0.25, 0.3) is 0 Å². The number of likely N-dealkylation sites (N-methyl/N-ethyl adjacent to an activating group) is 1. The van der Waals surface area contributed by atoms with Crippen molar-refractivity contribution < 1.29 is 14.0 Å². The number of carbonyl (C=O) groups excluding carboxylic acids is 2. The van der Waals surface area contributed by atoms with Crippen LogP contribution in [-0.2, 0) is 11.3 Å². The molecule has 1 aromatic rings. The molecule has 0 heterocycles. The second-order valence-electron chi connectivity index (χ2n) is 4.66. The number of carbonyl (C=O) groups is 2. The Morgan fingerprint density at radius 3 is 2.36 bits per heavy atom. The molecule has 6 nitrogen and oxygen atoms in total. The molecule has 0 saturated heterocycles. The van der Waals surface area contributed by atoms with Crippen molar-refractivity contribution in [3.8, 4) is 0 Å². The summed E-state index contributed by atoms with van der Waals surface area (Å²) in [7, 11) is 1.80. The molecule has 8 heteroatoms. The Bertz CT molecular complexity index is 470. The van der Waals surface area contributed by atoms with Gasteiger partial charge in [0.2, 0.25) is 5.91 Å². The fraction of sp³-hybridized carbons (Fsp3) is 0.429. The topological polar surface area (TPSA) is 82.3 Å². The van der Waals surface area contributed by atoms with E-state index in [1.54, 1.807) is 19.2 Å². The first-order valence-electron chi connectivity index (χ1n) is 6.71. The SMILES string of the molecule is CNC(C)CNC(=O)CNC(=O)NCc1ccc(F)cc1.Cl. The Morgan fingerprint density at radius 1 is 1.14 bits per heavy atom. The molecule has 1 rings (SSSR count). The second kappa shape index (κ2) is 10.8. The highest BCUT2D eigenvalue weighted by molar-refractivity contribution is 5.85. The number of rotatable bonds is 7. The van der Waals surface area contributed by atoms with Gasteiger partial charge in [-0.25, -0.2) is 9.18 Å². The first-order valence-corrected chi connectivity index (χ1v) is 6.71. The lowest BCUT2D eigenvalue weighted by Gasteiger charge is -2.12. The van der Waals surface area contributed by atoms with Crippen molar-refractivity contribution in [3.63, 3.8) is 0 Å². The molecule has 0 spiro atoms. The maximum atomic E-state index is 12.7. The third-order valence-electron chi connectivity index (χ3n) is 2.87. The van der Waals surface area contributed by atoms with Crippen LogP contribution in [0.3, 0.4) is 0 Å². The van der Waals surface area contributed by atoms with Gasteiger partial charge in [-0.05, 0) is 31.7 Å². The summed E-state index contributed by atoms with van der Waals surface area (Å²) in [4.78, 5) is 22.9. The number of halogens is 2. The molecule has 0 bridgehead atoms. The van der Waals surface area contributed by atoms with Crippen LogP contribution in [-0.4, -0.2) is 38.1 Å². The summed E-state index contributed by atoms with van der Waals surface area (Å²) in [6.45, 7) is 2.60. The number of nitrogens with one attached hydrogen (secondary N) is 4. The minimum absolute atomic E-state index is 0. The minimum atomic E-state index is -0.448. The Balaban J connectivity index is 0.00000441. The number of benzene rings is 1. The monoisotopic (exact) mass is 332 g/mol. The van der Waals surface area contributed by atoms with Gasteiger partial charge in [0, 0.05) is 19.1 Å². The molecule has 0 saturated carbocycles. The first kappa shape index (κ1) is 20.1. The van der Waals surface area contributed by atoms with Gasteiger partial charge in [0.05, 0.1) is 6.54 Å². The summed E-state index contributed by atoms with van der Waals surface area (Å²) in [5.41, 5.74) is 0.777. The third-order valence-corrected chi connectivity index (χ3v) is 2.87. The molecular weight excluding hydrogens is 311 g/mol. The Labute approximate surface area is 135 Å². The first-order chi connectivity index (χ1) is 10.0. The molecule has 0 aliphatic rings. The molecular formula is C14H22ClFN4O2. The van der Waals surface area contributed by atoms with Gasteiger partial charge < -0.3 is 21.3 Å². The van der Waals surface area contributed by atoms with Crippen LogP contribution < -0.4 is 21.3 Å². The summed E-state index contributed by atoms with van der Waals surface area (Å²) in [5.74, 6) is -0.579. The highest BCUT2D eigenvalue weighted by atomic mass is 35.5. The summed E-state index contributed by atoms with van der Waals surface area (Å²) in [6, 6.07) is 5.54. The van der Waals surface area contributed by atoms with Gasteiger partial charge in [0.15, 0.2) is 0 Å². The average molecular weight is 333 g/mol. The van der Waals surface area contributed by atoms with E-state index >= 15 is 0 Å². The largest absolute Gasteiger partial charge is 0.353 e. The Hall–Kier alpha value is -1.86. The fourth-order valence-corrected chi connectivity index (χ4v) is 1.44. The van der Waals surface area contributed by atoms with Crippen LogP contribution in [0.5, 0.6) is 0 Å². The molecule has 0 aliphatic carbocycles. The highest BCUT2D eigenvalue weighted by Gasteiger charge is 2.06. The zero-order valence-corrected chi connectivity index (χ0v) is 13.4. The van der Waals surface area contributed by atoms with Gasteiger partial charge in [-0.2, -0.15) is 0 Å². The summed E-state index contributed by atoms with van der Waals surface area (Å²) >= 11 is 0. The van der Waals surface area contributed by atoms with E-state index in [1.807, 2.05) is 6.92 Å². The molecule has 1 aromatic carbocycles. The quantitative estimate of drug-likeness (QED) is 0.595. The normalized spacial score (nSPS) is 11.0. The predicted octanol–water partition coefficient (Wildman–Crippen LogP) is 0.771. The van der Waals surface area contributed by atoms with Gasteiger partial charge in [-0.1, -0.05) is 12.1 Å². The van der Waals surface area contributed by atoms with E-state index < -0.39 is 6.03 Å². The van der Waals surface area contributed by atoms with Gasteiger partial charge in [-0.15, -0.1) is 12.4 Å². The molecule has 124 valence electrons. The van der Waals surface area contributed by atoms with Crippen molar-refractivity contribution in [2.24, 2.45) is 0 Å². The maximum absolute atomic E-state index is 12.7. The fourth-order valence-electron chi connectivity index (χ4n) is 1.44. The number of hydrogen-bond acceptors (Lipinski definition) is 3. The van der Waals surface area contributed by atoms with Crippen molar-refractivity contribution in [2.45, 2.75) is 19.5 Å². The van der Waals surface area contributed by atoms with E-state index in [0.717, 1.165) is 5.56 Å². The van der Waals surface area contributed by atoms with Crippen LogP contribution in [0.15, 0.2) is 24.3 Å². The highest BCUT2D eigenvalue weighted by Crippen LogP contribution is 2.01. The average Bonchev–Trinajstić information content (AvgIpc) is 2.49. The lowest BCUT2D eigenvalue weighted by atomic mass is 10.2. The molecule has 22 heavy (non-hydrogen) atoms. The van der Waals surface area contributed by atoms with E-state index in [-0.39, 0.29) is 43.3 Å². The van der Waals surface area contributed by atoms with Crippen LogP contribution in [0.1, 0.15) is 12.5 Å². The Morgan fingerprint density at radius 2 is 1.77 bits per heavy atom. The van der Waals surface area contributed by atoms with E-state index in [1.165, 1.54) is 12.1 Å². The molecule has 4 N–H and O–H groups in total. The number of urea groups is 1. The van der Waals surface area contributed by atoms with Crippen LogP contribution in [0.4, 0.5) is 9.18 Å². The summed E-state index contributed by atoms with van der Waals surface area (Å²) < 4.78 is 12.7. The number of amides is 3. The zero-order valence-electron chi connectivity index (χ0n) is 12.6. The van der Waals surface area contributed by atoms with E-state index in [2.05, 4.69) is 21.3 Å². The van der Waals surface area contributed by atoms with Gasteiger partial charge in [-0.3, -0.25) is 4.79 Å². The zero-order chi connectivity index (χ0) is 15.7. The molecule has 0 aromatic heterocycles. The third kappa shape index (κ3) is 8.43. The van der Waals surface area contributed by atoms with Gasteiger partial charge in [0.25, 0.3) is 0 Å². The van der Waals surface area contributed by atoms with Crippen LogP contribution in [0.2, 0.25) is 0 Å². The molecule has 3 amide bonds. The van der Waals surface area contributed by atoms with Crippen molar-refractivity contribution >= 4 is 24.3 Å². The van der Waals surface area contributed by atoms with Crippen molar-refractivity contribution in [3.05, 3.63) is 35.6 Å². The summed E-state index contributed by atoms with van der Waals surface area (Å²) in [5, 5.41) is 10.7. The van der Waals surface area contributed by atoms with E-state index in [9.17, 15) is 14.0 Å². The number of hydrogen-bond donors (Lipinski definition) is 4. The predicted molar refractivity (Wildman–Crippen MR) is 85.4 cm³/mol. The standard InChI is InChI=1S/C14H21FN4O2.ClH/c1-10(16-2)7-17-13(20)9-19-14(21)18-8-11-3-5-12(15)6-4-11;/h3-6,10,16H,7-9H2,1-2H3,(H,17,20)(H2,18,19,21);1H. The second-order valence-corrected chi connectivity index (χ2v) is 4.66. The van der Waals surface area contributed by atoms with Crippen molar-refractivity contribution in [1.82, 2.24) is 21.3 Å². The molecule has 1 atom stereocenters. The lowest BCUT2D eigenvalue weighted by Crippen LogP contribution is -2.44. The van der Waals surface area contributed by atoms with Crippen molar-refractivity contribution in [2.75, 3.05) is 20.1 Å².